The molecule has 9 nitrogen and oxygen atoms in total. The zero-order chi connectivity index (χ0) is 31.3. The molecule has 0 fully saturated rings. The number of carbonyl (C=O) groups is 2. The highest BCUT2D eigenvalue weighted by Crippen LogP contribution is 2.34. The molecule has 1 aliphatic heterocycles. The number of hydrogen-bond donors (Lipinski definition) is 1. The summed E-state index contributed by atoms with van der Waals surface area (Å²) in [4.78, 5) is 28.3. The van der Waals surface area contributed by atoms with Crippen LogP contribution >= 0.6 is 23.2 Å². The summed E-state index contributed by atoms with van der Waals surface area (Å²) in [6.45, 7) is 5.07. The molecule has 0 aromatic heterocycles. The Kier molecular flexibility index (Phi) is 10.4. The van der Waals surface area contributed by atoms with Crippen molar-refractivity contribution in [2.24, 2.45) is 0 Å². The standard InChI is InChI=1S/C30H32Cl2FN3O6S/c1-4-19(2)34-30(38)20(3)35(17-21-5-6-22(31)15-26(21)32)29(37)18-36(24-9-7-23(33)8-10-24)43(39,40)25-11-12-27-28(16-25)42-14-13-41-27/h5-12,15-16,19-20H,4,13-14,17-18H2,1-3H3,(H,34,38)/t19-,20-/m1/s1. The van der Waals surface area contributed by atoms with Crippen LogP contribution in [0.4, 0.5) is 10.1 Å². The van der Waals surface area contributed by atoms with Crippen LogP contribution in [0.1, 0.15) is 32.8 Å². The zero-order valence-electron chi connectivity index (χ0n) is 23.8. The van der Waals surface area contributed by atoms with Gasteiger partial charge in [-0.05, 0) is 74.4 Å². The molecule has 1 N–H and O–H groups in total. The summed E-state index contributed by atoms with van der Waals surface area (Å²) >= 11 is 12.5. The fraction of sp³-hybridized carbons (Fsp3) is 0.333. The molecule has 3 aromatic rings. The number of anilines is 1. The van der Waals surface area contributed by atoms with Crippen molar-refractivity contribution in [2.45, 2.75) is 50.7 Å². The van der Waals surface area contributed by atoms with E-state index in [9.17, 15) is 22.4 Å². The van der Waals surface area contributed by atoms with E-state index in [-0.39, 0.29) is 40.5 Å². The highest BCUT2D eigenvalue weighted by molar-refractivity contribution is 7.92. The molecular formula is C30H32Cl2FN3O6S. The van der Waals surface area contributed by atoms with E-state index in [1.54, 1.807) is 19.1 Å². The zero-order valence-corrected chi connectivity index (χ0v) is 26.2. The van der Waals surface area contributed by atoms with Gasteiger partial charge in [-0.25, -0.2) is 12.8 Å². The Balaban J connectivity index is 1.73. The van der Waals surface area contributed by atoms with E-state index in [1.807, 2.05) is 13.8 Å². The second-order valence-electron chi connectivity index (χ2n) is 10.0. The van der Waals surface area contributed by atoms with Gasteiger partial charge in [-0.1, -0.05) is 36.2 Å². The smallest absolute Gasteiger partial charge is 0.264 e. The molecule has 0 unspecified atom stereocenters. The van der Waals surface area contributed by atoms with Crippen molar-refractivity contribution in [3.8, 4) is 11.5 Å². The van der Waals surface area contributed by atoms with Crippen molar-refractivity contribution in [3.05, 3.63) is 82.1 Å². The average molecular weight is 653 g/mol. The topological polar surface area (TPSA) is 105 Å². The first-order chi connectivity index (χ1) is 20.4. The number of sulfonamides is 1. The molecule has 1 aliphatic rings. The van der Waals surface area contributed by atoms with Gasteiger partial charge >= 0.3 is 0 Å². The van der Waals surface area contributed by atoms with Crippen molar-refractivity contribution in [3.63, 3.8) is 0 Å². The first-order valence-corrected chi connectivity index (χ1v) is 15.8. The van der Waals surface area contributed by atoms with Gasteiger partial charge in [0.2, 0.25) is 11.8 Å². The van der Waals surface area contributed by atoms with E-state index < -0.39 is 40.2 Å². The third-order valence-corrected chi connectivity index (χ3v) is 9.38. The Bertz CT molecular complexity index is 1590. The minimum atomic E-state index is -4.40. The predicted octanol–water partition coefficient (Wildman–Crippen LogP) is 5.43. The number of fused-ring (bicyclic) bond motifs is 1. The third-order valence-electron chi connectivity index (χ3n) is 7.02. The fourth-order valence-electron chi connectivity index (χ4n) is 4.33. The van der Waals surface area contributed by atoms with Gasteiger partial charge in [0.1, 0.15) is 31.6 Å². The fourth-order valence-corrected chi connectivity index (χ4v) is 6.23. The SMILES string of the molecule is CC[C@@H](C)NC(=O)[C@@H](C)N(Cc1ccc(Cl)cc1Cl)C(=O)CN(c1ccc(F)cc1)S(=O)(=O)c1ccc2c(c1)OCCO2. The van der Waals surface area contributed by atoms with Gasteiger partial charge < -0.3 is 19.7 Å². The largest absolute Gasteiger partial charge is 0.486 e. The number of ether oxygens (including phenoxy) is 2. The van der Waals surface area contributed by atoms with Gasteiger partial charge in [-0.2, -0.15) is 0 Å². The maximum absolute atomic E-state index is 14.0. The highest BCUT2D eigenvalue weighted by Gasteiger charge is 2.34. The van der Waals surface area contributed by atoms with Crippen LogP contribution in [-0.2, 0) is 26.2 Å². The van der Waals surface area contributed by atoms with Crippen LogP contribution in [-0.4, -0.2) is 57.0 Å². The van der Waals surface area contributed by atoms with E-state index in [2.05, 4.69) is 5.32 Å². The predicted molar refractivity (Wildman–Crippen MR) is 163 cm³/mol. The molecule has 2 atom stereocenters. The van der Waals surface area contributed by atoms with Crippen molar-refractivity contribution < 1.29 is 31.9 Å². The molecule has 4 rings (SSSR count). The van der Waals surface area contributed by atoms with E-state index >= 15 is 0 Å². The van der Waals surface area contributed by atoms with Crippen LogP contribution in [0.25, 0.3) is 0 Å². The molecule has 0 aliphatic carbocycles. The first-order valence-electron chi connectivity index (χ1n) is 13.6. The van der Waals surface area contributed by atoms with Gasteiger partial charge in [0, 0.05) is 28.7 Å². The number of rotatable bonds is 11. The van der Waals surface area contributed by atoms with Crippen LogP contribution in [0, 0.1) is 5.82 Å². The van der Waals surface area contributed by atoms with Gasteiger partial charge in [0.25, 0.3) is 10.0 Å². The van der Waals surface area contributed by atoms with Crippen LogP contribution in [0.3, 0.4) is 0 Å². The number of carbonyl (C=O) groups excluding carboxylic acids is 2. The molecular weight excluding hydrogens is 620 g/mol. The number of amides is 2. The molecule has 0 saturated heterocycles. The maximum atomic E-state index is 14.0. The van der Waals surface area contributed by atoms with Crippen molar-refractivity contribution >= 4 is 50.7 Å². The van der Waals surface area contributed by atoms with Gasteiger partial charge in [-0.15, -0.1) is 0 Å². The van der Waals surface area contributed by atoms with E-state index in [4.69, 9.17) is 32.7 Å². The quantitative estimate of drug-likeness (QED) is 0.296. The molecule has 230 valence electrons. The Morgan fingerprint density at radius 2 is 1.65 bits per heavy atom. The van der Waals surface area contributed by atoms with Crippen molar-refractivity contribution in [1.29, 1.82) is 0 Å². The van der Waals surface area contributed by atoms with Crippen molar-refractivity contribution in [2.75, 3.05) is 24.1 Å². The van der Waals surface area contributed by atoms with Crippen LogP contribution in [0.15, 0.2) is 65.6 Å². The molecule has 2 amide bonds. The summed E-state index contributed by atoms with van der Waals surface area (Å²) < 4.78 is 53.9. The second-order valence-corrected chi connectivity index (χ2v) is 12.8. The van der Waals surface area contributed by atoms with Crippen LogP contribution in [0.5, 0.6) is 11.5 Å². The normalized spacial score (nSPS) is 14.0. The van der Waals surface area contributed by atoms with E-state index in [0.29, 0.717) is 29.4 Å². The lowest BCUT2D eigenvalue weighted by Gasteiger charge is -2.32. The molecule has 0 saturated carbocycles. The summed E-state index contributed by atoms with van der Waals surface area (Å²) in [6, 6.07) is 12.5. The molecule has 3 aromatic carbocycles. The Hall–Kier alpha value is -3.54. The summed E-state index contributed by atoms with van der Waals surface area (Å²) in [5, 5.41) is 3.53. The molecule has 43 heavy (non-hydrogen) atoms. The second kappa shape index (κ2) is 13.8. The number of nitrogens with one attached hydrogen (secondary N) is 1. The minimum absolute atomic E-state index is 0.0471. The third kappa shape index (κ3) is 7.70. The van der Waals surface area contributed by atoms with Gasteiger partial charge in [0.05, 0.1) is 10.6 Å². The number of benzene rings is 3. The van der Waals surface area contributed by atoms with Crippen LogP contribution in [0.2, 0.25) is 10.0 Å². The Morgan fingerprint density at radius 3 is 2.30 bits per heavy atom. The molecule has 13 heteroatoms. The Labute approximate surface area is 260 Å². The Morgan fingerprint density at radius 1 is 0.977 bits per heavy atom. The molecule has 0 spiro atoms. The maximum Gasteiger partial charge on any atom is 0.264 e. The summed E-state index contributed by atoms with van der Waals surface area (Å²) in [7, 11) is -4.40. The number of halogens is 3. The minimum Gasteiger partial charge on any atom is -0.486 e. The summed E-state index contributed by atoms with van der Waals surface area (Å²) in [5.41, 5.74) is 0.552. The molecule has 0 radical (unpaired) electrons. The lowest BCUT2D eigenvalue weighted by molar-refractivity contribution is -0.139. The molecule has 1 heterocycles. The lowest BCUT2D eigenvalue weighted by atomic mass is 10.1. The number of hydrogen-bond acceptors (Lipinski definition) is 6. The van der Waals surface area contributed by atoms with Gasteiger partial charge in [0.15, 0.2) is 11.5 Å². The van der Waals surface area contributed by atoms with Crippen LogP contribution < -0.4 is 19.1 Å². The van der Waals surface area contributed by atoms with E-state index in [1.165, 1.54) is 41.3 Å². The summed E-state index contributed by atoms with van der Waals surface area (Å²) in [6.07, 6.45) is 0.668. The van der Waals surface area contributed by atoms with E-state index in [0.717, 1.165) is 16.4 Å². The monoisotopic (exact) mass is 651 g/mol. The number of nitrogens with zero attached hydrogens (tertiary/aromatic N) is 2. The highest BCUT2D eigenvalue weighted by atomic mass is 35.5. The first kappa shape index (κ1) is 32.4. The lowest BCUT2D eigenvalue weighted by Crippen LogP contribution is -2.52. The van der Waals surface area contributed by atoms with Gasteiger partial charge in [-0.3, -0.25) is 13.9 Å². The average Bonchev–Trinajstić information content (AvgIpc) is 2.99. The van der Waals surface area contributed by atoms with Crippen molar-refractivity contribution in [1.82, 2.24) is 10.2 Å². The summed E-state index contributed by atoms with van der Waals surface area (Å²) in [5.74, 6) is -1.06. The molecule has 0 bridgehead atoms.